The third-order valence-corrected chi connectivity index (χ3v) is 4.78. The average molecular weight is 383 g/mol. The summed E-state index contributed by atoms with van der Waals surface area (Å²) in [6.45, 7) is 2.07. The molecule has 0 saturated heterocycles. The third-order valence-electron chi connectivity index (χ3n) is 4.78. The van der Waals surface area contributed by atoms with Crippen molar-refractivity contribution in [3.05, 3.63) is 18.2 Å². The molecule has 1 saturated carbocycles. The van der Waals surface area contributed by atoms with Crippen molar-refractivity contribution >= 4 is 17.5 Å². The number of fused-ring (bicyclic) bond motifs is 1. The van der Waals surface area contributed by atoms with Gasteiger partial charge in [-0.25, -0.2) is 4.79 Å². The summed E-state index contributed by atoms with van der Waals surface area (Å²) < 4.78 is 48.7. The molecule has 1 amide bonds. The molecule has 1 aromatic rings. The highest BCUT2D eigenvalue weighted by Crippen LogP contribution is 2.50. The summed E-state index contributed by atoms with van der Waals surface area (Å²) in [5.41, 5.74) is -1.98. The Bertz CT molecular complexity index is 782. The highest BCUT2D eigenvalue weighted by Gasteiger charge is 2.51. The van der Waals surface area contributed by atoms with Crippen LogP contribution in [-0.4, -0.2) is 30.5 Å². The van der Waals surface area contributed by atoms with Gasteiger partial charge in [0.25, 0.3) is 0 Å². The Labute approximate surface area is 154 Å². The number of anilines is 2. The van der Waals surface area contributed by atoms with Crippen LogP contribution < -0.4 is 15.4 Å². The van der Waals surface area contributed by atoms with Crippen molar-refractivity contribution in [3.8, 4) is 11.8 Å². The van der Waals surface area contributed by atoms with Crippen LogP contribution in [0, 0.1) is 16.7 Å². The zero-order valence-electron chi connectivity index (χ0n) is 14.9. The van der Waals surface area contributed by atoms with Crippen LogP contribution in [0.4, 0.5) is 29.3 Å². The van der Waals surface area contributed by atoms with E-state index in [0.717, 1.165) is 26.7 Å². The molecule has 0 aromatic heterocycles. The molecule has 1 aliphatic heterocycles. The molecule has 1 aliphatic carbocycles. The largest absolute Gasteiger partial charge is 0.486 e. The summed E-state index contributed by atoms with van der Waals surface area (Å²) in [7, 11) is 0. The fourth-order valence-corrected chi connectivity index (χ4v) is 2.79. The smallest absolute Gasteiger partial charge is 0.427 e. The van der Waals surface area contributed by atoms with E-state index in [1.165, 1.54) is 6.07 Å². The van der Waals surface area contributed by atoms with Gasteiger partial charge in [0.1, 0.15) is 11.9 Å². The molecule has 6 nitrogen and oxygen atoms in total. The quantitative estimate of drug-likeness (QED) is 0.803. The molecule has 1 atom stereocenters. The number of ether oxygens (including phenoxy) is 2. The molecule has 3 rings (SSSR count). The molecule has 0 radical (unpaired) electrons. The topological polar surface area (TPSA) is 83.4 Å². The molecule has 2 N–H and O–H groups in total. The molecule has 146 valence electrons. The Kier molecular flexibility index (Phi) is 4.62. The standard InChI is InChI=1S/C18H20F3N3O3/c1-16(2,18(19,20)21)27-15(25)24-11-3-4-14-13(7-11)23-9-12(26-14)8-17(10-22)5-6-17/h3-4,7,12,23H,5-6,8-9H2,1-2H3,(H,24,25). The summed E-state index contributed by atoms with van der Waals surface area (Å²) in [5, 5.41) is 14.6. The SMILES string of the molecule is CC(C)(OC(=O)Nc1ccc2c(c1)NCC(CC1(C#N)CC1)O2)C(F)(F)F. The average Bonchev–Trinajstić information content (AvgIpc) is 3.33. The van der Waals surface area contributed by atoms with E-state index >= 15 is 0 Å². The molecular formula is C18H20F3N3O3. The molecule has 1 fully saturated rings. The zero-order chi connectivity index (χ0) is 19.9. The first kappa shape index (κ1) is 19.1. The molecular weight excluding hydrogens is 363 g/mol. The number of nitrogens with zero attached hydrogens (tertiary/aromatic N) is 1. The Morgan fingerprint density at radius 2 is 2.15 bits per heavy atom. The monoisotopic (exact) mass is 383 g/mol. The number of amides is 1. The van der Waals surface area contributed by atoms with E-state index in [1.807, 2.05) is 0 Å². The van der Waals surface area contributed by atoms with E-state index in [1.54, 1.807) is 12.1 Å². The zero-order valence-corrected chi connectivity index (χ0v) is 14.9. The van der Waals surface area contributed by atoms with Crippen molar-refractivity contribution in [2.45, 2.75) is 51.0 Å². The van der Waals surface area contributed by atoms with Crippen LogP contribution in [-0.2, 0) is 4.74 Å². The van der Waals surface area contributed by atoms with Crippen LogP contribution in [0.25, 0.3) is 0 Å². The van der Waals surface area contributed by atoms with Gasteiger partial charge in [0.15, 0.2) is 0 Å². The van der Waals surface area contributed by atoms with Crippen molar-refractivity contribution < 1.29 is 27.4 Å². The fourth-order valence-electron chi connectivity index (χ4n) is 2.79. The predicted octanol–water partition coefficient (Wildman–Crippen LogP) is 4.44. The molecule has 1 unspecified atom stereocenters. The first-order valence-electron chi connectivity index (χ1n) is 8.56. The predicted molar refractivity (Wildman–Crippen MR) is 91.5 cm³/mol. The van der Waals surface area contributed by atoms with Crippen LogP contribution in [0.1, 0.15) is 33.1 Å². The van der Waals surface area contributed by atoms with Gasteiger partial charge in [-0.05, 0) is 44.9 Å². The minimum absolute atomic E-state index is 0.129. The van der Waals surface area contributed by atoms with Gasteiger partial charge >= 0.3 is 12.3 Å². The minimum atomic E-state index is -4.67. The first-order chi connectivity index (χ1) is 12.5. The normalized spacial score (nSPS) is 20.4. The van der Waals surface area contributed by atoms with Crippen LogP contribution in [0.5, 0.6) is 5.75 Å². The molecule has 0 spiro atoms. The lowest BCUT2D eigenvalue weighted by Gasteiger charge is -2.29. The number of nitrogens with one attached hydrogen (secondary N) is 2. The highest BCUT2D eigenvalue weighted by atomic mass is 19.4. The Hall–Kier alpha value is -2.63. The van der Waals surface area contributed by atoms with Gasteiger partial charge in [-0.15, -0.1) is 0 Å². The van der Waals surface area contributed by atoms with Gasteiger partial charge in [0, 0.05) is 12.1 Å². The van der Waals surface area contributed by atoms with Gasteiger partial charge in [-0.2, -0.15) is 18.4 Å². The summed E-state index contributed by atoms with van der Waals surface area (Å²) in [5.74, 6) is 0.564. The molecule has 2 aliphatic rings. The van der Waals surface area contributed by atoms with E-state index < -0.39 is 17.9 Å². The Morgan fingerprint density at radius 3 is 2.74 bits per heavy atom. The molecule has 27 heavy (non-hydrogen) atoms. The second-order valence-electron chi connectivity index (χ2n) is 7.45. The maximum Gasteiger partial charge on any atom is 0.427 e. The van der Waals surface area contributed by atoms with Gasteiger partial charge in [0.2, 0.25) is 5.60 Å². The summed E-state index contributed by atoms with van der Waals surface area (Å²) in [6.07, 6.45) is -3.58. The number of carbonyl (C=O) groups excluding carboxylic acids is 1. The maximum absolute atomic E-state index is 12.8. The van der Waals surface area contributed by atoms with Crippen LogP contribution in [0.3, 0.4) is 0 Å². The number of rotatable bonds is 4. The van der Waals surface area contributed by atoms with Crippen LogP contribution >= 0.6 is 0 Å². The molecule has 1 heterocycles. The number of nitriles is 1. The number of benzene rings is 1. The number of halogens is 3. The van der Waals surface area contributed by atoms with Crippen molar-refractivity contribution in [2.24, 2.45) is 5.41 Å². The Morgan fingerprint density at radius 1 is 1.44 bits per heavy atom. The minimum Gasteiger partial charge on any atom is -0.486 e. The number of alkyl halides is 3. The highest BCUT2D eigenvalue weighted by molar-refractivity contribution is 5.86. The lowest BCUT2D eigenvalue weighted by Crippen LogP contribution is -2.44. The van der Waals surface area contributed by atoms with Gasteiger partial charge < -0.3 is 14.8 Å². The Balaban J connectivity index is 1.61. The summed E-state index contributed by atoms with van der Waals surface area (Å²) in [4.78, 5) is 11.8. The van der Waals surface area contributed by atoms with Crippen LogP contribution in [0.15, 0.2) is 18.2 Å². The van der Waals surface area contributed by atoms with Crippen molar-refractivity contribution in [1.29, 1.82) is 5.26 Å². The van der Waals surface area contributed by atoms with Crippen molar-refractivity contribution in [2.75, 3.05) is 17.2 Å². The first-order valence-corrected chi connectivity index (χ1v) is 8.56. The van der Waals surface area contributed by atoms with Crippen molar-refractivity contribution in [3.63, 3.8) is 0 Å². The number of hydrogen-bond donors (Lipinski definition) is 2. The second kappa shape index (κ2) is 6.51. The van der Waals surface area contributed by atoms with E-state index in [-0.39, 0.29) is 17.2 Å². The maximum atomic E-state index is 12.8. The third kappa shape index (κ3) is 4.21. The van der Waals surface area contributed by atoms with Gasteiger partial charge in [-0.3, -0.25) is 5.32 Å². The second-order valence-corrected chi connectivity index (χ2v) is 7.45. The van der Waals surface area contributed by atoms with Gasteiger partial charge in [0.05, 0.1) is 23.7 Å². The number of hydrogen-bond acceptors (Lipinski definition) is 5. The van der Waals surface area contributed by atoms with E-state index in [0.29, 0.717) is 24.4 Å². The van der Waals surface area contributed by atoms with E-state index in [2.05, 4.69) is 21.4 Å². The molecule has 9 heteroatoms. The van der Waals surface area contributed by atoms with E-state index in [9.17, 15) is 23.2 Å². The molecule has 0 bridgehead atoms. The fraction of sp³-hybridized carbons (Fsp3) is 0.556. The lowest BCUT2D eigenvalue weighted by atomic mass is 9.99. The summed E-state index contributed by atoms with van der Waals surface area (Å²) >= 11 is 0. The van der Waals surface area contributed by atoms with E-state index in [4.69, 9.17) is 4.74 Å². The lowest BCUT2D eigenvalue weighted by molar-refractivity contribution is -0.242. The van der Waals surface area contributed by atoms with Gasteiger partial charge in [-0.1, -0.05) is 0 Å². The number of carbonyl (C=O) groups is 1. The molecule has 1 aromatic carbocycles. The van der Waals surface area contributed by atoms with Crippen LogP contribution in [0.2, 0.25) is 0 Å². The van der Waals surface area contributed by atoms with Crippen molar-refractivity contribution in [1.82, 2.24) is 0 Å². The summed E-state index contributed by atoms with van der Waals surface area (Å²) in [6, 6.07) is 7.03.